The number of benzene rings is 1. The first-order chi connectivity index (χ1) is 22.3. The van der Waals surface area contributed by atoms with E-state index in [2.05, 4.69) is 26.6 Å². The van der Waals surface area contributed by atoms with Crippen LogP contribution < -0.4 is 36.7 Å². The zero-order valence-corrected chi connectivity index (χ0v) is 29.1. The number of carbonyl (C=O) groups is 7. The first-order valence-corrected chi connectivity index (χ1v) is 20.0. The number of carbonyl (C=O) groups excluding carboxylic acids is 5. The molecular weight excluding hydrogens is 719 g/mol. The van der Waals surface area contributed by atoms with Gasteiger partial charge in [-0.3, -0.25) is 14.4 Å². The molecule has 258 valence electrons. The average molecular weight is 759 g/mol. The number of hydrogen-bond acceptors (Lipinski definition) is 11. The van der Waals surface area contributed by atoms with Crippen LogP contribution in [0.2, 0.25) is 0 Å². The Bertz CT molecular complexity index is 1370. The van der Waals surface area contributed by atoms with E-state index in [4.69, 9.17) is 15.9 Å². The van der Waals surface area contributed by atoms with Crippen LogP contribution in [0.1, 0.15) is 38.5 Å². The molecule has 0 bridgehead atoms. The van der Waals surface area contributed by atoms with E-state index in [1.54, 1.807) is 23.9 Å². The van der Waals surface area contributed by atoms with Gasteiger partial charge in [-0.25, -0.2) is 0 Å². The number of carboxylic acids is 2. The molecule has 0 saturated carbocycles. The van der Waals surface area contributed by atoms with Crippen molar-refractivity contribution in [1.82, 2.24) is 21.3 Å². The van der Waals surface area contributed by atoms with Crippen LogP contribution in [-0.4, -0.2) is 118 Å². The Morgan fingerprint density at radius 3 is 2.45 bits per heavy atom. The number of nitrogens with one attached hydrogen (secondary N) is 5. The maximum absolute atomic E-state index is 12.9. The summed E-state index contributed by atoms with van der Waals surface area (Å²) >= 11 is -0.623. The number of urea groups is 1. The molecule has 2 fully saturated rings. The number of rotatable bonds is 20. The zero-order chi connectivity index (χ0) is 34.5. The standard InChI is InChI=1S/C28H39AsN6O10S2/c30-17(27(42)43)9-10-22(37)33-19(26(41)31-11-24(39)40)12-46-14-23(38)32-16-7-5-15(6-8-16)29(45)21(36)4-2-1-3-20-25-18(13-47-20)34-28(44)35-25/h5-8,17-20,25,29H,1-4,9-14,30H2,(H,31,41)(H,32,38)(H,33,37)(H,39,40)(H,42,43)(H2,34,35,44)/t17?,18-,19?,20-,25-/m0/s1. The molecule has 1 aromatic rings. The maximum atomic E-state index is 12.9. The molecule has 0 aromatic heterocycles. The van der Waals surface area contributed by atoms with E-state index in [0.29, 0.717) is 21.7 Å². The molecule has 47 heavy (non-hydrogen) atoms. The summed E-state index contributed by atoms with van der Waals surface area (Å²) in [7, 11) is 0. The normalized spacial score (nSPS) is 20.1. The molecule has 16 nitrogen and oxygen atoms in total. The fourth-order valence-electron chi connectivity index (χ4n) is 4.87. The minimum Gasteiger partial charge on any atom is -0.480 e. The van der Waals surface area contributed by atoms with Crippen molar-refractivity contribution in [2.75, 3.05) is 29.1 Å². The smallest absolute Gasteiger partial charge is 0.480 e. The molecule has 2 heterocycles. The predicted molar refractivity (Wildman–Crippen MR) is 176 cm³/mol. The Labute approximate surface area is 283 Å². The summed E-state index contributed by atoms with van der Waals surface area (Å²) in [5.74, 6) is -3.83. The van der Waals surface area contributed by atoms with Crippen LogP contribution in [0.25, 0.3) is 0 Å². The van der Waals surface area contributed by atoms with Crippen LogP contribution in [0.15, 0.2) is 24.3 Å². The summed E-state index contributed by atoms with van der Waals surface area (Å²) in [6.45, 7) is -0.685. The first-order valence-electron chi connectivity index (χ1n) is 14.8. The van der Waals surface area contributed by atoms with E-state index in [0.717, 1.165) is 30.4 Å². The van der Waals surface area contributed by atoms with E-state index >= 15 is 0 Å². The number of unbranched alkanes of at least 4 members (excludes halogenated alkanes) is 1. The average Bonchev–Trinajstić information content (AvgIpc) is 3.58. The van der Waals surface area contributed by atoms with Crippen LogP contribution in [0.5, 0.6) is 0 Å². The van der Waals surface area contributed by atoms with Gasteiger partial charge in [-0.15, -0.1) is 0 Å². The number of hydrogen-bond donors (Lipinski definition) is 8. The van der Waals surface area contributed by atoms with Gasteiger partial charge in [-0.2, -0.15) is 0 Å². The molecule has 0 aliphatic carbocycles. The molecule has 9 N–H and O–H groups in total. The molecule has 0 radical (unpaired) electrons. The van der Waals surface area contributed by atoms with E-state index in [-0.39, 0.29) is 53.5 Å². The summed E-state index contributed by atoms with van der Waals surface area (Å²) < 4.78 is 13.0. The number of amides is 5. The third kappa shape index (κ3) is 12.6. The summed E-state index contributed by atoms with van der Waals surface area (Å²) in [5.41, 5.74) is 5.79. The van der Waals surface area contributed by atoms with E-state index in [1.807, 2.05) is 0 Å². The van der Waals surface area contributed by atoms with Crippen molar-refractivity contribution >= 4 is 88.4 Å². The molecule has 2 aliphatic heterocycles. The molecule has 2 saturated heterocycles. The van der Waals surface area contributed by atoms with Crippen LogP contribution in [0.3, 0.4) is 0 Å². The van der Waals surface area contributed by atoms with Gasteiger partial charge in [0.05, 0.1) is 0 Å². The number of thioether (sulfide) groups is 2. The van der Waals surface area contributed by atoms with Gasteiger partial charge in [0, 0.05) is 6.42 Å². The number of nitrogens with two attached hydrogens (primary N) is 1. The van der Waals surface area contributed by atoms with Crippen LogP contribution >= 0.6 is 23.5 Å². The molecule has 5 amide bonds. The Hall–Kier alpha value is -3.47. The fourth-order valence-corrected chi connectivity index (χ4v) is 9.76. The molecule has 6 atom stereocenters. The third-order valence-corrected chi connectivity index (χ3v) is 13.3. The minimum absolute atomic E-state index is 0.0877. The predicted octanol–water partition coefficient (Wildman–Crippen LogP) is -1.57. The Kier molecular flexibility index (Phi) is 15.2. The van der Waals surface area contributed by atoms with Crippen molar-refractivity contribution < 1.29 is 47.5 Å². The van der Waals surface area contributed by atoms with Crippen molar-refractivity contribution in [1.29, 1.82) is 0 Å². The van der Waals surface area contributed by atoms with Gasteiger partial charge in [-0.1, -0.05) is 0 Å². The van der Waals surface area contributed by atoms with Crippen LogP contribution in [-0.2, 0) is 32.5 Å². The Morgan fingerprint density at radius 2 is 1.77 bits per heavy atom. The molecule has 0 spiro atoms. The quantitative estimate of drug-likeness (QED) is 0.0425. The Morgan fingerprint density at radius 1 is 1.04 bits per heavy atom. The number of carboxylic acid groups (broad SMARTS) is 2. The van der Waals surface area contributed by atoms with Crippen molar-refractivity contribution in [2.45, 2.75) is 67.9 Å². The van der Waals surface area contributed by atoms with Gasteiger partial charge in [0.25, 0.3) is 0 Å². The molecule has 19 heteroatoms. The number of fused-ring (bicyclic) bond motifs is 1. The van der Waals surface area contributed by atoms with Crippen molar-refractivity contribution in [3.63, 3.8) is 0 Å². The van der Waals surface area contributed by atoms with E-state index < -0.39 is 62.9 Å². The van der Waals surface area contributed by atoms with E-state index in [1.165, 1.54) is 12.1 Å². The number of anilines is 1. The van der Waals surface area contributed by atoms with Crippen molar-refractivity contribution in [3.05, 3.63) is 24.3 Å². The summed E-state index contributed by atoms with van der Waals surface area (Å²) in [4.78, 5) is 82.9. The summed E-state index contributed by atoms with van der Waals surface area (Å²) in [6.07, 6.45) is 2.03. The molecular formula is C28H39AsN6O10S2. The zero-order valence-electron chi connectivity index (χ0n) is 25.3. The second kappa shape index (κ2) is 18.8. The SMILES string of the molecule is NC(CCC(=O)NC(CSCC(=O)Nc1ccc([AsH](=O)C(=O)CCCC[C@@H]2SC[C@@H]3NC(=O)N[C@@H]32)cc1)C(=O)NCC(=O)O)C(=O)O. The van der Waals surface area contributed by atoms with Crippen molar-refractivity contribution in [3.8, 4) is 0 Å². The summed E-state index contributed by atoms with van der Waals surface area (Å²) in [5, 5.41) is 31.0. The molecule has 3 unspecified atom stereocenters. The van der Waals surface area contributed by atoms with Gasteiger partial charge in [-0.05, 0) is 6.42 Å². The van der Waals surface area contributed by atoms with Crippen LogP contribution in [0.4, 0.5) is 10.5 Å². The van der Waals surface area contributed by atoms with Gasteiger partial charge >= 0.3 is 228 Å². The van der Waals surface area contributed by atoms with Gasteiger partial charge in [0.1, 0.15) is 12.6 Å². The first kappa shape index (κ1) is 38.0. The van der Waals surface area contributed by atoms with Gasteiger partial charge < -0.3 is 15.9 Å². The fraction of sp³-hybridized carbons (Fsp3) is 0.536. The van der Waals surface area contributed by atoms with Gasteiger partial charge in [0.15, 0.2) is 0 Å². The monoisotopic (exact) mass is 758 g/mol. The molecule has 2 aliphatic rings. The molecule has 3 rings (SSSR count). The van der Waals surface area contributed by atoms with Crippen LogP contribution in [0, 0.1) is 0 Å². The minimum atomic E-state index is -3.42. The topological polar surface area (TPSA) is 263 Å². The second-order valence-corrected chi connectivity index (χ2v) is 17.0. The van der Waals surface area contributed by atoms with E-state index in [9.17, 15) is 37.3 Å². The summed E-state index contributed by atoms with van der Waals surface area (Å²) in [6, 6.07) is 3.82. The second-order valence-electron chi connectivity index (χ2n) is 11.0. The number of aliphatic carboxylic acids is 2. The Balaban J connectivity index is 1.39. The third-order valence-electron chi connectivity index (χ3n) is 7.35. The van der Waals surface area contributed by atoms with Gasteiger partial charge in [0.2, 0.25) is 0 Å². The van der Waals surface area contributed by atoms with Crippen molar-refractivity contribution in [2.24, 2.45) is 5.73 Å². The molecule has 1 aromatic carbocycles.